The first-order valence-corrected chi connectivity index (χ1v) is 9.71. The summed E-state index contributed by atoms with van der Waals surface area (Å²) < 4.78 is 13.3. The maximum Gasteiger partial charge on any atom is 0.312 e. The Kier molecular flexibility index (Phi) is 6.90. The van der Waals surface area contributed by atoms with E-state index in [0.717, 1.165) is 24.4 Å². The van der Waals surface area contributed by atoms with Gasteiger partial charge in [0, 0.05) is 32.9 Å². The molecule has 0 atom stereocenters. The van der Waals surface area contributed by atoms with Crippen LogP contribution in [0.5, 0.6) is 5.75 Å². The molecule has 2 amide bonds. The van der Waals surface area contributed by atoms with Crippen molar-refractivity contribution in [2.75, 3.05) is 5.32 Å². The molecule has 3 aromatic rings. The number of carbonyl (C=O) groups is 2. The van der Waals surface area contributed by atoms with Crippen LogP contribution in [-0.2, 0) is 0 Å². The SMILES string of the molecule is O=C(N/N=C/c1cc(Br)cc([N+](=O)[O-])c1O)c1cccc(NC(=O)c2ccc(F)cc2)c1. The minimum atomic E-state index is -0.748. The fraction of sp³-hybridized carbons (Fsp3) is 0. The van der Waals surface area contributed by atoms with Crippen molar-refractivity contribution in [2.45, 2.75) is 0 Å². The number of nitro benzene ring substituents is 1. The summed E-state index contributed by atoms with van der Waals surface area (Å²) in [5.74, 6) is -2.16. The van der Waals surface area contributed by atoms with Crippen molar-refractivity contribution < 1.29 is 24.0 Å². The van der Waals surface area contributed by atoms with E-state index in [2.05, 4.69) is 31.8 Å². The molecule has 162 valence electrons. The fourth-order valence-electron chi connectivity index (χ4n) is 2.61. The molecule has 0 saturated heterocycles. The molecule has 0 bridgehead atoms. The fourth-order valence-corrected chi connectivity index (χ4v) is 3.07. The van der Waals surface area contributed by atoms with Crippen LogP contribution in [0, 0.1) is 15.9 Å². The molecule has 0 unspecified atom stereocenters. The average Bonchev–Trinajstić information content (AvgIpc) is 2.76. The molecular formula is C21H14BrFN4O5. The van der Waals surface area contributed by atoms with E-state index in [9.17, 15) is 29.2 Å². The molecule has 0 aliphatic heterocycles. The van der Waals surface area contributed by atoms with E-state index in [1.807, 2.05) is 0 Å². The number of halogens is 2. The van der Waals surface area contributed by atoms with E-state index in [1.54, 1.807) is 12.1 Å². The Bertz CT molecular complexity index is 1230. The third-order valence-corrected chi connectivity index (χ3v) is 4.60. The van der Waals surface area contributed by atoms with E-state index >= 15 is 0 Å². The number of carbonyl (C=O) groups excluding carboxylic acids is 2. The van der Waals surface area contributed by atoms with Crippen molar-refractivity contribution in [3.63, 3.8) is 0 Å². The third kappa shape index (κ3) is 5.52. The smallest absolute Gasteiger partial charge is 0.312 e. The van der Waals surface area contributed by atoms with Crippen LogP contribution in [0.1, 0.15) is 26.3 Å². The highest BCUT2D eigenvalue weighted by Crippen LogP contribution is 2.32. The van der Waals surface area contributed by atoms with Gasteiger partial charge in [-0.05, 0) is 48.5 Å². The summed E-state index contributed by atoms with van der Waals surface area (Å²) in [5.41, 5.74) is 2.49. The molecule has 9 nitrogen and oxygen atoms in total. The van der Waals surface area contributed by atoms with E-state index in [1.165, 1.54) is 30.3 Å². The van der Waals surface area contributed by atoms with Gasteiger partial charge in [0.05, 0.1) is 11.1 Å². The number of hydrogen-bond donors (Lipinski definition) is 3. The maximum atomic E-state index is 13.0. The molecule has 3 aromatic carbocycles. The largest absolute Gasteiger partial charge is 0.502 e. The van der Waals surface area contributed by atoms with Gasteiger partial charge in [-0.15, -0.1) is 0 Å². The summed E-state index contributed by atoms with van der Waals surface area (Å²) in [5, 5.41) is 27.3. The van der Waals surface area contributed by atoms with Crippen LogP contribution in [0.15, 0.2) is 70.2 Å². The van der Waals surface area contributed by atoms with Crippen LogP contribution in [0.4, 0.5) is 15.8 Å². The Labute approximate surface area is 188 Å². The first-order chi connectivity index (χ1) is 15.2. The molecular weight excluding hydrogens is 487 g/mol. The first kappa shape index (κ1) is 22.6. The van der Waals surface area contributed by atoms with E-state index in [4.69, 9.17) is 0 Å². The van der Waals surface area contributed by atoms with Gasteiger partial charge < -0.3 is 10.4 Å². The van der Waals surface area contributed by atoms with Crippen molar-refractivity contribution >= 4 is 45.3 Å². The lowest BCUT2D eigenvalue weighted by Gasteiger charge is -2.07. The summed E-state index contributed by atoms with van der Waals surface area (Å²) in [6.45, 7) is 0. The number of hydrogen-bond acceptors (Lipinski definition) is 6. The molecule has 0 heterocycles. The number of benzene rings is 3. The van der Waals surface area contributed by atoms with Crippen LogP contribution < -0.4 is 10.7 Å². The second kappa shape index (κ2) is 9.79. The Hall–Kier alpha value is -4.12. The predicted octanol–water partition coefficient (Wildman–Crippen LogP) is 4.22. The maximum absolute atomic E-state index is 13.0. The van der Waals surface area contributed by atoms with Crippen LogP contribution in [0.25, 0.3) is 0 Å². The average molecular weight is 501 g/mol. The van der Waals surface area contributed by atoms with Crippen LogP contribution in [0.3, 0.4) is 0 Å². The van der Waals surface area contributed by atoms with E-state index in [-0.39, 0.29) is 16.7 Å². The Morgan fingerprint density at radius 2 is 1.78 bits per heavy atom. The number of aromatic hydroxyl groups is 1. The van der Waals surface area contributed by atoms with Crippen molar-refractivity contribution in [2.24, 2.45) is 5.10 Å². The molecule has 0 aliphatic carbocycles. The molecule has 3 rings (SSSR count). The standard InChI is InChI=1S/C21H14BrFN4O5/c22-15-8-14(19(28)18(10-15)27(31)32)11-24-26-21(30)13-2-1-3-17(9-13)25-20(29)12-4-6-16(23)7-5-12/h1-11,28H,(H,25,29)(H,26,30)/b24-11+. The number of nitrogens with zero attached hydrogens (tertiary/aromatic N) is 2. The first-order valence-electron chi connectivity index (χ1n) is 8.92. The van der Waals surface area contributed by atoms with Crippen LogP contribution in [-0.4, -0.2) is 28.1 Å². The van der Waals surface area contributed by atoms with Gasteiger partial charge in [0.15, 0.2) is 0 Å². The summed E-state index contributed by atoms with van der Waals surface area (Å²) >= 11 is 3.10. The second-order valence-electron chi connectivity index (χ2n) is 6.36. The second-order valence-corrected chi connectivity index (χ2v) is 7.28. The van der Waals surface area contributed by atoms with Crippen LogP contribution in [0.2, 0.25) is 0 Å². The lowest BCUT2D eigenvalue weighted by Crippen LogP contribution is -2.18. The number of nitrogens with one attached hydrogen (secondary N) is 2. The molecule has 32 heavy (non-hydrogen) atoms. The normalized spacial score (nSPS) is 10.7. The number of anilines is 1. The highest BCUT2D eigenvalue weighted by molar-refractivity contribution is 9.10. The minimum absolute atomic E-state index is 0.0201. The van der Waals surface area contributed by atoms with Gasteiger partial charge in [0.2, 0.25) is 5.75 Å². The number of rotatable bonds is 6. The Morgan fingerprint density at radius 3 is 2.47 bits per heavy atom. The van der Waals surface area contributed by atoms with Crippen molar-refractivity contribution in [1.29, 1.82) is 0 Å². The Morgan fingerprint density at radius 1 is 1.06 bits per heavy atom. The summed E-state index contributed by atoms with van der Waals surface area (Å²) in [4.78, 5) is 34.8. The number of hydrazone groups is 1. The van der Waals surface area contributed by atoms with Gasteiger partial charge in [-0.25, -0.2) is 9.82 Å². The zero-order valence-corrected chi connectivity index (χ0v) is 17.7. The van der Waals surface area contributed by atoms with Gasteiger partial charge in [-0.2, -0.15) is 5.10 Å². The topological polar surface area (TPSA) is 134 Å². The molecule has 0 radical (unpaired) electrons. The predicted molar refractivity (Wildman–Crippen MR) is 118 cm³/mol. The van der Waals surface area contributed by atoms with Gasteiger partial charge in [0.25, 0.3) is 11.8 Å². The zero-order chi connectivity index (χ0) is 23.3. The number of nitro groups is 1. The monoisotopic (exact) mass is 500 g/mol. The highest BCUT2D eigenvalue weighted by atomic mass is 79.9. The van der Waals surface area contributed by atoms with Gasteiger partial charge in [-0.3, -0.25) is 19.7 Å². The molecule has 0 aliphatic rings. The highest BCUT2D eigenvalue weighted by Gasteiger charge is 2.17. The summed E-state index contributed by atoms with van der Waals surface area (Å²) in [7, 11) is 0. The van der Waals surface area contributed by atoms with Crippen molar-refractivity contribution in [1.82, 2.24) is 5.43 Å². The van der Waals surface area contributed by atoms with Crippen molar-refractivity contribution in [3.8, 4) is 5.75 Å². The Balaban J connectivity index is 1.69. The number of phenolic OH excluding ortho intramolecular Hbond substituents is 1. The van der Waals surface area contributed by atoms with E-state index < -0.39 is 34.0 Å². The van der Waals surface area contributed by atoms with Gasteiger partial charge >= 0.3 is 5.69 Å². The molecule has 3 N–H and O–H groups in total. The quantitative estimate of drug-likeness (QED) is 0.264. The van der Waals surface area contributed by atoms with Crippen LogP contribution >= 0.6 is 15.9 Å². The number of phenols is 1. The summed E-state index contributed by atoms with van der Waals surface area (Å²) in [6, 6.07) is 13.5. The third-order valence-electron chi connectivity index (χ3n) is 4.14. The van der Waals surface area contributed by atoms with Gasteiger partial charge in [0.1, 0.15) is 5.82 Å². The zero-order valence-electron chi connectivity index (χ0n) is 16.1. The van der Waals surface area contributed by atoms with Crippen molar-refractivity contribution in [3.05, 3.63) is 97.8 Å². The minimum Gasteiger partial charge on any atom is -0.502 e. The molecule has 0 aromatic heterocycles. The molecule has 11 heteroatoms. The summed E-state index contributed by atoms with van der Waals surface area (Å²) in [6.07, 6.45) is 1.06. The van der Waals surface area contributed by atoms with Gasteiger partial charge in [-0.1, -0.05) is 22.0 Å². The number of amides is 2. The molecule has 0 saturated carbocycles. The lowest BCUT2D eigenvalue weighted by atomic mass is 10.1. The molecule has 0 spiro atoms. The lowest BCUT2D eigenvalue weighted by molar-refractivity contribution is -0.385. The van der Waals surface area contributed by atoms with E-state index in [0.29, 0.717) is 10.2 Å². The molecule has 0 fully saturated rings.